The highest BCUT2D eigenvalue weighted by molar-refractivity contribution is 6.83. The van der Waals surface area contributed by atoms with Gasteiger partial charge in [0, 0.05) is 53.7 Å². The Morgan fingerprint density at radius 1 is 0.481 bits per heavy atom. The molecule has 0 aliphatic heterocycles. The minimum Gasteiger partial charge on any atom is -0.370 e. The van der Waals surface area contributed by atoms with Crippen LogP contribution in [0.5, 0.6) is 0 Å². The van der Waals surface area contributed by atoms with E-state index in [9.17, 15) is 0 Å². The van der Waals surface area contributed by atoms with Gasteiger partial charge in [0.25, 0.3) is 0 Å². The molecule has 8 nitrogen and oxygen atoms in total. The van der Waals surface area contributed by atoms with Crippen LogP contribution >= 0.6 is 0 Å². The molecule has 0 bridgehead atoms. The standard InChI is InChI=1S/C16H36O8Si3/c1-17-26(18-2,19-3)23-25(15-11-7-8-12-15,16-13-9-10-14-16)24-27(20-4,21-5)22-6/h15-16H,7-14H2,1-6H3. The van der Waals surface area contributed by atoms with Crippen molar-refractivity contribution in [2.24, 2.45) is 0 Å². The molecule has 0 radical (unpaired) electrons. The summed E-state index contributed by atoms with van der Waals surface area (Å²) in [5.74, 6) is 0. The first kappa shape index (κ1) is 23.6. The molecule has 0 heterocycles. The number of hydrogen-bond acceptors (Lipinski definition) is 8. The fourth-order valence-electron chi connectivity index (χ4n) is 4.48. The maximum Gasteiger partial charge on any atom is 0.669 e. The Kier molecular flexibility index (Phi) is 9.08. The van der Waals surface area contributed by atoms with Crippen molar-refractivity contribution in [3.05, 3.63) is 0 Å². The van der Waals surface area contributed by atoms with Crippen LogP contribution in [0.2, 0.25) is 11.1 Å². The first-order valence-electron chi connectivity index (χ1n) is 9.70. The Bertz CT molecular complexity index is 379. The molecule has 0 saturated heterocycles. The Morgan fingerprint density at radius 3 is 0.963 bits per heavy atom. The van der Waals surface area contributed by atoms with Crippen molar-refractivity contribution in [2.75, 3.05) is 42.7 Å². The van der Waals surface area contributed by atoms with E-state index in [0.717, 1.165) is 25.7 Å². The molecule has 0 spiro atoms. The number of rotatable bonds is 12. The molecule has 11 heteroatoms. The summed E-state index contributed by atoms with van der Waals surface area (Å²) < 4.78 is 47.4. The largest absolute Gasteiger partial charge is 0.669 e. The van der Waals surface area contributed by atoms with Gasteiger partial charge in [0.2, 0.25) is 0 Å². The zero-order chi connectivity index (χ0) is 20.0. The minimum absolute atomic E-state index is 0.306. The number of hydrogen-bond donors (Lipinski definition) is 0. The quantitative estimate of drug-likeness (QED) is 0.429. The van der Waals surface area contributed by atoms with Gasteiger partial charge >= 0.3 is 26.7 Å². The van der Waals surface area contributed by atoms with Gasteiger partial charge in [-0.05, 0) is 25.7 Å². The van der Waals surface area contributed by atoms with Gasteiger partial charge in [-0.3, -0.25) is 0 Å². The van der Waals surface area contributed by atoms with E-state index < -0.39 is 26.7 Å². The Balaban J connectivity index is 2.51. The third-order valence-corrected chi connectivity index (χ3v) is 16.9. The lowest BCUT2D eigenvalue weighted by Gasteiger charge is -2.46. The van der Waals surface area contributed by atoms with Crippen molar-refractivity contribution in [3.63, 3.8) is 0 Å². The third-order valence-electron chi connectivity index (χ3n) is 5.92. The lowest BCUT2D eigenvalue weighted by atomic mass is 10.3. The molecule has 27 heavy (non-hydrogen) atoms. The van der Waals surface area contributed by atoms with Crippen molar-refractivity contribution >= 4 is 26.7 Å². The van der Waals surface area contributed by atoms with Crippen molar-refractivity contribution in [2.45, 2.75) is 62.4 Å². The van der Waals surface area contributed by atoms with Gasteiger partial charge in [0.15, 0.2) is 0 Å². The van der Waals surface area contributed by atoms with Crippen LogP contribution in [0.1, 0.15) is 51.4 Å². The van der Waals surface area contributed by atoms with Crippen LogP contribution in [0.25, 0.3) is 0 Å². The molecule has 2 fully saturated rings. The highest BCUT2D eigenvalue weighted by Crippen LogP contribution is 2.53. The minimum atomic E-state index is -3.33. The van der Waals surface area contributed by atoms with Gasteiger partial charge in [-0.1, -0.05) is 25.7 Å². The second-order valence-corrected chi connectivity index (χ2v) is 16.3. The second-order valence-electron chi connectivity index (χ2n) is 7.11. The molecule has 0 atom stereocenters. The zero-order valence-corrected chi connectivity index (χ0v) is 20.6. The molecular weight excluding hydrogens is 404 g/mol. The lowest BCUT2D eigenvalue weighted by molar-refractivity contribution is 0.00904. The van der Waals surface area contributed by atoms with Crippen LogP contribution in [-0.4, -0.2) is 69.3 Å². The van der Waals surface area contributed by atoms with Gasteiger partial charge in [-0.2, -0.15) is 0 Å². The van der Waals surface area contributed by atoms with Crippen LogP contribution in [0.3, 0.4) is 0 Å². The summed E-state index contributed by atoms with van der Waals surface area (Å²) in [7, 11) is -0.231. The first-order valence-corrected chi connectivity index (χ1v) is 14.9. The monoisotopic (exact) mass is 440 g/mol. The van der Waals surface area contributed by atoms with Gasteiger partial charge in [-0.25, -0.2) is 0 Å². The van der Waals surface area contributed by atoms with E-state index in [4.69, 9.17) is 34.8 Å². The Hall–Kier alpha value is 0.331. The van der Waals surface area contributed by atoms with E-state index in [1.54, 1.807) is 42.7 Å². The van der Waals surface area contributed by atoms with E-state index in [0.29, 0.717) is 11.1 Å². The Morgan fingerprint density at radius 2 is 0.741 bits per heavy atom. The summed E-state index contributed by atoms with van der Waals surface area (Å²) in [4.78, 5) is 0. The Labute approximate surface area is 166 Å². The van der Waals surface area contributed by atoms with E-state index in [1.165, 1.54) is 25.7 Å². The summed E-state index contributed by atoms with van der Waals surface area (Å²) in [5, 5.41) is 0. The summed E-state index contributed by atoms with van der Waals surface area (Å²) >= 11 is 0. The molecular formula is C16H36O8Si3. The van der Waals surface area contributed by atoms with Gasteiger partial charge in [0.1, 0.15) is 0 Å². The first-order chi connectivity index (χ1) is 13.0. The normalized spacial score (nSPS) is 20.7. The molecule has 2 rings (SSSR count). The maximum absolute atomic E-state index is 6.79. The topological polar surface area (TPSA) is 73.8 Å². The summed E-state index contributed by atoms with van der Waals surface area (Å²) in [5.41, 5.74) is 0.612. The van der Waals surface area contributed by atoms with Crippen molar-refractivity contribution < 1.29 is 34.8 Å². The highest BCUT2D eigenvalue weighted by atomic mass is 28.5. The molecule has 0 amide bonds. The third kappa shape index (κ3) is 4.91. The maximum atomic E-state index is 6.79. The van der Waals surface area contributed by atoms with Gasteiger partial charge < -0.3 is 34.8 Å². The average Bonchev–Trinajstić information content (AvgIpc) is 3.44. The van der Waals surface area contributed by atoms with Crippen LogP contribution in [-0.2, 0) is 34.8 Å². The molecule has 160 valence electrons. The molecule has 0 unspecified atom stereocenters. The van der Waals surface area contributed by atoms with E-state index in [2.05, 4.69) is 0 Å². The zero-order valence-electron chi connectivity index (χ0n) is 17.6. The second kappa shape index (κ2) is 10.4. The van der Waals surface area contributed by atoms with E-state index in [-0.39, 0.29) is 0 Å². The van der Waals surface area contributed by atoms with Crippen molar-refractivity contribution in [1.82, 2.24) is 0 Å². The molecule has 0 aromatic carbocycles. The SMILES string of the molecule is CO[Si](OC)(OC)O[Si](O[Si](OC)(OC)OC)(C1CCCC1)C1CCCC1. The van der Waals surface area contributed by atoms with Gasteiger partial charge in [-0.15, -0.1) is 0 Å². The predicted molar refractivity (Wildman–Crippen MR) is 106 cm³/mol. The molecule has 2 aliphatic rings. The van der Waals surface area contributed by atoms with E-state index >= 15 is 0 Å². The van der Waals surface area contributed by atoms with Crippen LogP contribution in [0, 0.1) is 0 Å². The van der Waals surface area contributed by atoms with Crippen LogP contribution in [0.4, 0.5) is 0 Å². The van der Waals surface area contributed by atoms with Gasteiger partial charge in [0.05, 0.1) is 0 Å². The van der Waals surface area contributed by atoms with Crippen LogP contribution < -0.4 is 0 Å². The molecule has 2 saturated carbocycles. The fourth-order valence-corrected chi connectivity index (χ4v) is 16.9. The average molecular weight is 441 g/mol. The molecule has 2 aliphatic carbocycles. The summed E-state index contributed by atoms with van der Waals surface area (Å²) in [6.45, 7) is 0. The lowest BCUT2D eigenvalue weighted by Crippen LogP contribution is -2.66. The molecule has 0 aromatic rings. The van der Waals surface area contributed by atoms with Crippen molar-refractivity contribution in [1.29, 1.82) is 0 Å². The van der Waals surface area contributed by atoms with E-state index in [1.807, 2.05) is 0 Å². The molecule has 0 aromatic heterocycles. The summed E-state index contributed by atoms with van der Waals surface area (Å²) in [6, 6.07) is 0. The van der Waals surface area contributed by atoms with Crippen LogP contribution in [0.15, 0.2) is 0 Å². The van der Waals surface area contributed by atoms with Crippen molar-refractivity contribution in [3.8, 4) is 0 Å². The molecule has 0 N–H and O–H groups in total. The smallest absolute Gasteiger partial charge is 0.370 e. The highest BCUT2D eigenvalue weighted by Gasteiger charge is 2.65. The predicted octanol–water partition coefficient (Wildman–Crippen LogP) is 3.10. The fraction of sp³-hybridized carbons (Fsp3) is 1.00. The summed E-state index contributed by atoms with van der Waals surface area (Å²) in [6.07, 6.45) is 8.92.